The molecule has 1 aromatic carbocycles. The maximum atomic E-state index is 6.01. The van der Waals surface area contributed by atoms with E-state index in [1.165, 1.54) is 5.56 Å². The summed E-state index contributed by atoms with van der Waals surface area (Å²) in [6.45, 7) is 6.42. The smallest absolute Gasteiger partial charge is 0.137 e. The number of piperazine rings is 1. The van der Waals surface area contributed by atoms with Crippen LogP contribution in [0.4, 0.5) is 0 Å². The molecule has 3 nitrogen and oxygen atoms in total. The minimum atomic E-state index is 0.568. The van der Waals surface area contributed by atoms with E-state index in [2.05, 4.69) is 23.2 Å². The van der Waals surface area contributed by atoms with Crippen molar-refractivity contribution in [3.63, 3.8) is 0 Å². The Morgan fingerprint density at radius 1 is 1.53 bits per heavy atom. The van der Waals surface area contributed by atoms with Gasteiger partial charge in [0.2, 0.25) is 0 Å². The summed E-state index contributed by atoms with van der Waals surface area (Å²) in [6.07, 6.45) is 0. The van der Waals surface area contributed by atoms with E-state index in [0.29, 0.717) is 11.1 Å². The molecule has 94 valence electrons. The molecule has 1 N–H and O–H groups in total. The first-order valence-corrected chi connectivity index (χ1v) is 6.35. The Bertz CT molecular complexity index is 384. The fraction of sp³-hybridized carbons (Fsp3) is 0.538. The molecule has 0 saturated carbocycles. The van der Waals surface area contributed by atoms with Crippen molar-refractivity contribution in [1.82, 2.24) is 10.2 Å². The SMILES string of the molecule is COc1cc(CN2CCN[C@H](C)C2)ccc1Cl. The van der Waals surface area contributed by atoms with Gasteiger partial charge < -0.3 is 10.1 Å². The van der Waals surface area contributed by atoms with E-state index in [1.54, 1.807) is 7.11 Å². The van der Waals surface area contributed by atoms with Crippen molar-refractivity contribution in [1.29, 1.82) is 0 Å². The number of halogens is 1. The number of hydrogen-bond donors (Lipinski definition) is 1. The van der Waals surface area contributed by atoms with Gasteiger partial charge in [0.25, 0.3) is 0 Å². The maximum absolute atomic E-state index is 6.01. The molecular weight excluding hydrogens is 236 g/mol. The highest BCUT2D eigenvalue weighted by Gasteiger charge is 2.15. The van der Waals surface area contributed by atoms with Crippen LogP contribution in [-0.4, -0.2) is 37.7 Å². The molecule has 1 heterocycles. The fourth-order valence-electron chi connectivity index (χ4n) is 2.22. The first-order chi connectivity index (χ1) is 8.19. The van der Waals surface area contributed by atoms with Crippen LogP contribution in [0.2, 0.25) is 5.02 Å². The van der Waals surface area contributed by atoms with Crippen LogP contribution in [0.1, 0.15) is 12.5 Å². The van der Waals surface area contributed by atoms with Crippen molar-refractivity contribution in [3.05, 3.63) is 28.8 Å². The molecule has 0 aliphatic carbocycles. The van der Waals surface area contributed by atoms with Crippen LogP contribution in [0, 0.1) is 0 Å². The lowest BCUT2D eigenvalue weighted by molar-refractivity contribution is 0.199. The molecule has 4 heteroatoms. The van der Waals surface area contributed by atoms with Gasteiger partial charge in [0.05, 0.1) is 12.1 Å². The standard InChI is InChI=1S/C13H19ClN2O/c1-10-8-16(6-5-15-10)9-11-3-4-12(14)13(7-11)17-2/h3-4,7,10,15H,5-6,8-9H2,1-2H3/t10-/m1/s1. The van der Waals surface area contributed by atoms with Crippen molar-refractivity contribution in [2.24, 2.45) is 0 Å². The predicted molar refractivity (Wildman–Crippen MR) is 70.7 cm³/mol. The zero-order chi connectivity index (χ0) is 12.3. The first kappa shape index (κ1) is 12.7. The van der Waals surface area contributed by atoms with Gasteiger partial charge in [-0.2, -0.15) is 0 Å². The summed E-state index contributed by atoms with van der Waals surface area (Å²) in [5.74, 6) is 0.757. The second-order valence-corrected chi connectivity index (χ2v) is 4.97. The summed E-state index contributed by atoms with van der Waals surface area (Å²) in [5.41, 5.74) is 1.25. The number of hydrogen-bond acceptors (Lipinski definition) is 3. The topological polar surface area (TPSA) is 24.5 Å². The van der Waals surface area contributed by atoms with E-state index in [9.17, 15) is 0 Å². The zero-order valence-corrected chi connectivity index (χ0v) is 11.1. The molecule has 1 aliphatic rings. The number of ether oxygens (including phenoxy) is 1. The Morgan fingerprint density at radius 3 is 3.06 bits per heavy atom. The molecule has 0 spiro atoms. The number of rotatable bonds is 3. The summed E-state index contributed by atoms with van der Waals surface area (Å²) in [6, 6.07) is 6.56. The van der Waals surface area contributed by atoms with Crippen LogP contribution in [0.25, 0.3) is 0 Å². The third-order valence-corrected chi connectivity index (χ3v) is 3.39. The summed E-state index contributed by atoms with van der Waals surface area (Å²) >= 11 is 6.01. The first-order valence-electron chi connectivity index (χ1n) is 5.97. The third kappa shape index (κ3) is 3.35. The number of methoxy groups -OCH3 is 1. The van der Waals surface area contributed by atoms with Crippen molar-refractivity contribution in [2.45, 2.75) is 19.5 Å². The highest BCUT2D eigenvalue weighted by atomic mass is 35.5. The van der Waals surface area contributed by atoms with E-state index in [-0.39, 0.29) is 0 Å². The average Bonchev–Trinajstić information content (AvgIpc) is 2.32. The minimum Gasteiger partial charge on any atom is -0.495 e. The van der Waals surface area contributed by atoms with Crippen molar-refractivity contribution in [2.75, 3.05) is 26.7 Å². The van der Waals surface area contributed by atoms with Crippen LogP contribution in [0.5, 0.6) is 5.75 Å². The van der Waals surface area contributed by atoms with Gasteiger partial charge in [0.15, 0.2) is 0 Å². The van der Waals surface area contributed by atoms with E-state index < -0.39 is 0 Å². The van der Waals surface area contributed by atoms with Crippen LogP contribution in [0.15, 0.2) is 18.2 Å². The lowest BCUT2D eigenvalue weighted by Gasteiger charge is -2.31. The number of benzene rings is 1. The largest absolute Gasteiger partial charge is 0.495 e. The summed E-state index contributed by atoms with van der Waals surface area (Å²) in [5, 5.41) is 4.11. The Balaban J connectivity index is 2.02. The van der Waals surface area contributed by atoms with Crippen LogP contribution < -0.4 is 10.1 Å². The van der Waals surface area contributed by atoms with E-state index in [0.717, 1.165) is 31.9 Å². The summed E-state index contributed by atoms with van der Waals surface area (Å²) < 4.78 is 5.23. The fourth-order valence-corrected chi connectivity index (χ4v) is 2.41. The molecule has 0 unspecified atom stereocenters. The van der Waals surface area contributed by atoms with Crippen LogP contribution >= 0.6 is 11.6 Å². The van der Waals surface area contributed by atoms with Gasteiger partial charge in [-0.05, 0) is 24.6 Å². The van der Waals surface area contributed by atoms with Gasteiger partial charge in [0, 0.05) is 32.2 Å². The molecule has 2 rings (SSSR count). The van der Waals surface area contributed by atoms with Gasteiger partial charge in [-0.15, -0.1) is 0 Å². The van der Waals surface area contributed by atoms with Crippen molar-refractivity contribution in [3.8, 4) is 5.75 Å². The minimum absolute atomic E-state index is 0.568. The summed E-state index contributed by atoms with van der Waals surface area (Å²) in [7, 11) is 1.65. The van der Waals surface area contributed by atoms with Crippen LogP contribution in [0.3, 0.4) is 0 Å². The maximum Gasteiger partial charge on any atom is 0.137 e. The Labute approximate surface area is 108 Å². The normalized spacial score (nSPS) is 21.5. The third-order valence-electron chi connectivity index (χ3n) is 3.07. The molecule has 0 radical (unpaired) electrons. The van der Waals surface area contributed by atoms with Gasteiger partial charge >= 0.3 is 0 Å². The van der Waals surface area contributed by atoms with Crippen molar-refractivity contribution >= 4 is 11.6 Å². The molecule has 1 fully saturated rings. The Kier molecular flexibility index (Phi) is 4.26. The quantitative estimate of drug-likeness (QED) is 0.895. The number of nitrogens with one attached hydrogen (secondary N) is 1. The second-order valence-electron chi connectivity index (χ2n) is 4.56. The van der Waals surface area contributed by atoms with Gasteiger partial charge in [-0.25, -0.2) is 0 Å². The lowest BCUT2D eigenvalue weighted by Crippen LogP contribution is -2.48. The molecule has 0 amide bonds. The van der Waals surface area contributed by atoms with E-state index in [4.69, 9.17) is 16.3 Å². The Morgan fingerprint density at radius 2 is 2.35 bits per heavy atom. The number of nitrogens with zero attached hydrogens (tertiary/aromatic N) is 1. The predicted octanol–water partition coefficient (Wildman–Crippen LogP) is 2.14. The van der Waals surface area contributed by atoms with E-state index in [1.807, 2.05) is 12.1 Å². The molecule has 0 bridgehead atoms. The molecule has 0 aromatic heterocycles. The highest BCUT2D eigenvalue weighted by Crippen LogP contribution is 2.25. The average molecular weight is 255 g/mol. The van der Waals surface area contributed by atoms with Gasteiger partial charge in [0.1, 0.15) is 5.75 Å². The Hall–Kier alpha value is -0.770. The second kappa shape index (κ2) is 5.71. The molecule has 1 aromatic rings. The molecule has 17 heavy (non-hydrogen) atoms. The van der Waals surface area contributed by atoms with Gasteiger partial charge in [-0.1, -0.05) is 17.7 Å². The lowest BCUT2D eigenvalue weighted by atomic mass is 10.1. The zero-order valence-electron chi connectivity index (χ0n) is 10.4. The molecule has 1 aliphatic heterocycles. The van der Waals surface area contributed by atoms with Gasteiger partial charge in [-0.3, -0.25) is 4.90 Å². The molecule has 1 atom stereocenters. The highest BCUT2D eigenvalue weighted by molar-refractivity contribution is 6.32. The monoisotopic (exact) mass is 254 g/mol. The van der Waals surface area contributed by atoms with E-state index >= 15 is 0 Å². The van der Waals surface area contributed by atoms with Crippen molar-refractivity contribution < 1.29 is 4.74 Å². The van der Waals surface area contributed by atoms with Crippen LogP contribution in [-0.2, 0) is 6.54 Å². The molecule has 1 saturated heterocycles. The summed E-state index contributed by atoms with van der Waals surface area (Å²) in [4.78, 5) is 2.45. The molecular formula is C13H19ClN2O.